The Kier molecular flexibility index (Phi) is 5.45. The molecular weight excluding hydrogens is 362 g/mol. The summed E-state index contributed by atoms with van der Waals surface area (Å²) in [7, 11) is 0. The number of benzene rings is 1. The van der Waals surface area contributed by atoms with Gasteiger partial charge in [-0.25, -0.2) is 0 Å². The van der Waals surface area contributed by atoms with Gasteiger partial charge < -0.3 is 10.6 Å². The zero-order valence-corrected chi connectivity index (χ0v) is 16.7. The van der Waals surface area contributed by atoms with Gasteiger partial charge in [0.05, 0.1) is 22.3 Å². The molecule has 1 unspecified atom stereocenters. The average molecular weight is 388 g/mol. The Morgan fingerprint density at radius 2 is 1.85 bits per heavy atom. The molecule has 4 aliphatic heterocycles. The first-order chi connectivity index (χ1) is 12.9. The fraction of sp³-hybridized carbons (Fsp3) is 0.429. The van der Waals surface area contributed by atoms with E-state index < -0.39 is 0 Å². The van der Waals surface area contributed by atoms with Crippen LogP contribution >= 0.6 is 11.6 Å². The number of imide groups is 1. The summed E-state index contributed by atoms with van der Waals surface area (Å²) < 4.78 is 0. The molecule has 3 saturated heterocycles. The second-order valence-electron chi connectivity index (χ2n) is 6.98. The Hall–Kier alpha value is -2.11. The van der Waals surface area contributed by atoms with Crippen molar-refractivity contribution in [3.63, 3.8) is 0 Å². The first-order valence-corrected chi connectivity index (χ1v) is 9.85. The van der Waals surface area contributed by atoms with Crippen LogP contribution in [0.25, 0.3) is 11.6 Å². The monoisotopic (exact) mass is 387 g/mol. The van der Waals surface area contributed by atoms with Gasteiger partial charge in [0.2, 0.25) is 0 Å². The van der Waals surface area contributed by atoms with Gasteiger partial charge in [0.15, 0.2) is 0 Å². The zero-order chi connectivity index (χ0) is 19.9. The third kappa shape index (κ3) is 2.99. The summed E-state index contributed by atoms with van der Waals surface area (Å²) in [5.74, 6) is -0.285. The minimum absolute atomic E-state index is 0.101. The topological polar surface area (TPSA) is 66.6 Å². The van der Waals surface area contributed by atoms with E-state index in [4.69, 9.17) is 17.3 Å². The second-order valence-corrected chi connectivity index (χ2v) is 7.38. The lowest BCUT2D eigenvalue weighted by atomic mass is 9.80. The first kappa shape index (κ1) is 19.6. The number of hydrogen-bond donors (Lipinski definition) is 1. The zero-order valence-electron chi connectivity index (χ0n) is 15.9. The molecule has 2 N–H and O–H groups in total. The van der Waals surface area contributed by atoms with Crippen LogP contribution in [0.5, 0.6) is 0 Å². The van der Waals surface area contributed by atoms with Crippen LogP contribution in [0.3, 0.4) is 0 Å². The highest BCUT2D eigenvalue weighted by Crippen LogP contribution is 2.41. The predicted molar refractivity (Wildman–Crippen MR) is 110 cm³/mol. The van der Waals surface area contributed by atoms with E-state index in [0.717, 1.165) is 32.5 Å². The number of amides is 2. The minimum atomic E-state index is -0.332. The van der Waals surface area contributed by atoms with Gasteiger partial charge in [-0.2, -0.15) is 0 Å². The fourth-order valence-electron chi connectivity index (χ4n) is 4.39. The molecule has 1 atom stereocenters. The van der Waals surface area contributed by atoms with Gasteiger partial charge in [-0.15, -0.1) is 0 Å². The van der Waals surface area contributed by atoms with Crippen molar-refractivity contribution >= 4 is 40.8 Å². The Morgan fingerprint density at radius 1 is 1.22 bits per heavy atom. The van der Waals surface area contributed by atoms with Crippen LogP contribution in [0, 0.1) is 5.92 Å². The van der Waals surface area contributed by atoms with Crippen molar-refractivity contribution < 1.29 is 9.59 Å². The van der Waals surface area contributed by atoms with Crippen LogP contribution in [0.2, 0.25) is 5.02 Å². The predicted octanol–water partition coefficient (Wildman–Crippen LogP) is 3.68. The summed E-state index contributed by atoms with van der Waals surface area (Å²) in [6, 6.07) is 1.45. The van der Waals surface area contributed by atoms with E-state index in [1.807, 2.05) is 13.8 Å². The number of nitrogens with zero attached hydrogens (tertiary/aromatic N) is 2. The van der Waals surface area contributed by atoms with Gasteiger partial charge >= 0.3 is 0 Å². The summed E-state index contributed by atoms with van der Waals surface area (Å²) in [5.41, 5.74) is 7.95. The normalized spacial score (nSPS) is 26.4. The maximum atomic E-state index is 13.2. The molecule has 0 saturated carbocycles. The number of carbonyl (C=O) groups excluding carboxylic acids is 2. The second kappa shape index (κ2) is 7.49. The smallest absolute Gasteiger partial charge is 0.261 e. The van der Waals surface area contributed by atoms with Crippen LogP contribution in [0.1, 0.15) is 48.2 Å². The quantitative estimate of drug-likeness (QED) is 0.477. The molecule has 1 aromatic carbocycles. The molecule has 6 heteroatoms. The molecule has 27 heavy (non-hydrogen) atoms. The lowest BCUT2D eigenvalue weighted by Crippen LogP contribution is -2.61. The number of fused-ring (bicyclic) bond motifs is 4. The van der Waals surface area contributed by atoms with Gasteiger partial charge in [0, 0.05) is 23.2 Å². The lowest BCUT2D eigenvalue weighted by Gasteiger charge is -2.49. The van der Waals surface area contributed by atoms with Gasteiger partial charge in [-0.1, -0.05) is 44.7 Å². The van der Waals surface area contributed by atoms with Crippen molar-refractivity contribution in [3.05, 3.63) is 40.9 Å². The highest BCUT2D eigenvalue weighted by Gasteiger charge is 2.46. The Morgan fingerprint density at radius 3 is 2.37 bits per heavy atom. The summed E-state index contributed by atoms with van der Waals surface area (Å²) in [6.07, 6.45) is 3.55. The number of anilines is 1. The molecule has 0 spiro atoms. The van der Waals surface area contributed by atoms with E-state index in [9.17, 15) is 9.59 Å². The van der Waals surface area contributed by atoms with Gasteiger partial charge in [0.1, 0.15) is 0 Å². The molecule has 2 amide bonds. The first-order valence-electron chi connectivity index (χ1n) is 9.48. The Labute approximate surface area is 165 Å². The number of nitrogens with two attached hydrogens (primary N) is 1. The van der Waals surface area contributed by atoms with E-state index in [1.54, 1.807) is 6.07 Å². The van der Waals surface area contributed by atoms with Gasteiger partial charge in [-0.3, -0.25) is 14.5 Å². The van der Waals surface area contributed by atoms with Crippen molar-refractivity contribution in [1.29, 1.82) is 0 Å². The molecule has 144 valence electrons. The number of piperidine rings is 3. The maximum Gasteiger partial charge on any atom is 0.261 e. The molecule has 0 radical (unpaired) electrons. The molecular formula is C21H26ClN3O2. The van der Waals surface area contributed by atoms with Gasteiger partial charge in [0.25, 0.3) is 11.8 Å². The molecule has 4 heterocycles. The van der Waals surface area contributed by atoms with Crippen LogP contribution in [0.15, 0.2) is 19.2 Å². The molecule has 0 aliphatic carbocycles. The maximum absolute atomic E-state index is 13.2. The van der Waals surface area contributed by atoms with Crippen molar-refractivity contribution in [1.82, 2.24) is 9.80 Å². The van der Waals surface area contributed by atoms with Crippen molar-refractivity contribution in [2.45, 2.75) is 32.7 Å². The van der Waals surface area contributed by atoms with Crippen molar-refractivity contribution in [2.24, 2.45) is 5.92 Å². The molecule has 0 aromatic heterocycles. The van der Waals surface area contributed by atoms with Crippen molar-refractivity contribution in [3.8, 4) is 0 Å². The number of rotatable bonds is 2. The van der Waals surface area contributed by atoms with E-state index in [2.05, 4.69) is 18.1 Å². The van der Waals surface area contributed by atoms with Crippen LogP contribution in [0.4, 0.5) is 5.69 Å². The largest absolute Gasteiger partial charge is 0.397 e. The summed E-state index contributed by atoms with van der Waals surface area (Å²) in [5, 5.41) is 0.290. The standard InChI is InChI=1S/C19H20ClN3O2.C2H6/c1-3-12-16-10(2)18(24)23(15-9-22-6-4-11(15)5-7-22)19(25)13(16)8-14(20)17(12)21;1-2/h3,8,11,15H,1-2,4-7,9,21H2;1-2H3. The highest BCUT2D eigenvalue weighted by molar-refractivity contribution is 6.36. The number of nitrogen functional groups attached to an aromatic ring is 1. The van der Waals surface area contributed by atoms with E-state index in [1.165, 1.54) is 11.0 Å². The number of carbonyl (C=O) groups is 2. The molecule has 1 aromatic rings. The average Bonchev–Trinajstić information content (AvgIpc) is 2.70. The number of hydrogen-bond acceptors (Lipinski definition) is 4. The van der Waals surface area contributed by atoms with Crippen molar-refractivity contribution in [2.75, 3.05) is 25.4 Å². The van der Waals surface area contributed by atoms with E-state index in [0.29, 0.717) is 28.3 Å². The molecule has 4 aliphatic rings. The van der Waals surface area contributed by atoms with Gasteiger partial charge in [-0.05, 0) is 37.9 Å². The Balaban J connectivity index is 0.00000102. The van der Waals surface area contributed by atoms with E-state index in [-0.39, 0.29) is 28.5 Å². The van der Waals surface area contributed by atoms with Crippen LogP contribution in [-0.2, 0) is 4.79 Å². The number of halogens is 1. The molecule has 2 bridgehead atoms. The lowest BCUT2D eigenvalue weighted by molar-refractivity contribution is -0.128. The third-order valence-corrected chi connectivity index (χ3v) is 6.06. The minimum Gasteiger partial charge on any atom is -0.397 e. The molecule has 5 rings (SSSR count). The van der Waals surface area contributed by atoms with E-state index >= 15 is 0 Å². The summed E-state index contributed by atoms with van der Waals surface area (Å²) >= 11 is 6.21. The summed E-state index contributed by atoms with van der Waals surface area (Å²) in [6.45, 7) is 14.5. The third-order valence-electron chi connectivity index (χ3n) is 5.74. The van der Waals surface area contributed by atoms with Crippen LogP contribution < -0.4 is 5.73 Å². The SMILES string of the molecule is C=Cc1c(N)c(Cl)cc2c1C(=C)C(=O)N(C1CN3CCC1CC3)C2=O.CC. The van der Waals surface area contributed by atoms with Crippen LogP contribution in [-0.4, -0.2) is 47.3 Å². The molecule has 5 nitrogen and oxygen atoms in total. The Bertz CT molecular complexity index is 825. The molecule has 3 fully saturated rings. The highest BCUT2D eigenvalue weighted by atomic mass is 35.5. The fourth-order valence-corrected chi connectivity index (χ4v) is 4.60. The summed E-state index contributed by atoms with van der Waals surface area (Å²) in [4.78, 5) is 29.9.